The van der Waals surface area contributed by atoms with Crippen molar-refractivity contribution >= 4 is 5.91 Å². The topological polar surface area (TPSA) is 49.8 Å². The van der Waals surface area contributed by atoms with Crippen molar-refractivity contribution in [2.24, 2.45) is 0 Å². The summed E-state index contributed by atoms with van der Waals surface area (Å²) in [4.78, 5) is 13.6. The molecule has 1 saturated heterocycles. The van der Waals surface area contributed by atoms with Crippen molar-refractivity contribution in [3.8, 4) is 0 Å². The fourth-order valence-corrected chi connectivity index (χ4v) is 1.80. The second kappa shape index (κ2) is 6.80. The zero-order valence-corrected chi connectivity index (χ0v) is 9.45. The molecule has 1 atom stereocenters. The van der Waals surface area contributed by atoms with E-state index >= 15 is 0 Å². The predicted molar refractivity (Wildman–Crippen MR) is 57.5 cm³/mol. The third-order valence-corrected chi connectivity index (χ3v) is 2.75. The first-order valence-electron chi connectivity index (χ1n) is 5.77. The summed E-state index contributed by atoms with van der Waals surface area (Å²) >= 11 is 0. The van der Waals surface area contributed by atoms with Gasteiger partial charge in [0, 0.05) is 13.0 Å². The van der Waals surface area contributed by atoms with Gasteiger partial charge in [-0.2, -0.15) is 0 Å². The van der Waals surface area contributed by atoms with Gasteiger partial charge in [0.1, 0.15) is 0 Å². The smallest absolute Gasteiger partial charge is 0.223 e. The average Bonchev–Trinajstić information content (AvgIpc) is 2.29. The van der Waals surface area contributed by atoms with Crippen LogP contribution < -0.4 is 0 Å². The molecule has 0 aromatic rings. The van der Waals surface area contributed by atoms with E-state index in [1.165, 1.54) is 0 Å². The van der Waals surface area contributed by atoms with Crippen molar-refractivity contribution in [3.05, 3.63) is 0 Å². The molecule has 1 aliphatic heterocycles. The SMILES string of the molecule is CCCCCC(=O)N1CCOCC1CO. The van der Waals surface area contributed by atoms with Crippen LogP contribution >= 0.6 is 0 Å². The maximum atomic E-state index is 11.8. The van der Waals surface area contributed by atoms with Gasteiger partial charge in [0.25, 0.3) is 0 Å². The maximum absolute atomic E-state index is 11.8. The molecule has 1 heterocycles. The lowest BCUT2D eigenvalue weighted by Crippen LogP contribution is -2.50. The highest BCUT2D eigenvalue weighted by Crippen LogP contribution is 2.10. The van der Waals surface area contributed by atoms with Crippen LogP contribution in [0.2, 0.25) is 0 Å². The van der Waals surface area contributed by atoms with E-state index in [0.29, 0.717) is 26.2 Å². The summed E-state index contributed by atoms with van der Waals surface area (Å²) in [6, 6.07) is -0.132. The molecule has 4 nitrogen and oxygen atoms in total. The highest BCUT2D eigenvalue weighted by atomic mass is 16.5. The van der Waals surface area contributed by atoms with E-state index < -0.39 is 0 Å². The molecule has 1 fully saturated rings. The molecule has 0 aromatic carbocycles. The number of aliphatic hydroxyl groups excluding tert-OH is 1. The number of carbonyl (C=O) groups is 1. The number of unbranched alkanes of at least 4 members (excludes halogenated alkanes) is 2. The van der Waals surface area contributed by atoms with Crippen molar-refractivity contribution in [2.45, 2.75) is 38.6 Å². The number of carbonyl (C=O) groups excluding carboxylic acids is 1. The normalized spacial score (nSPS) is 21.7. The van der Waals surface area contributed by atoms with Crippen molar-refractivity contribution in [3.63, 3.8) is 0 Å². The van der Waals surface area contributed by atoms with Crippen molar-refractivity contribution in [2.75, 3.05) is 26.4 Å². The molecule has 1 aliphatic rings. The van der Waals surface area contributed by atoms with E-state index in [9.17, 15) is 4.79 Å². The molecule has 0 aromatic heterocycles. The minimum absolute atomic E-state index is 0.000478. The summed E-state index contributed by atoms with van der Waals surface area (Å²) < 4.78 is 5.23. The zero-order valence-electron chi connectivity index (χ0n) is 9.45. The summed E-state index contributed by atoms with van der Waals surface area (Å²) in [6.07, 6.45) is 3.77. The Morgan fingerprint density at radius 3 is 3.00 bits per heavy atom. The average molecular weight is 215 g/mol. The molecule has 15 heavy (non-hydrogen) atoms. The Morgan fingerprint density at radius 2 is 2.33 bits per heavy atom. The standard InChI is InChI=1S/C11H21NO3/c1-2-3-4-5-11(14)12-6-7-15-9-10(12)8-13/h10,13H,2-9H2,1H3. The molecule has 1 N–H and O–H groups in total. The Hall–Kier alpha value is -0.610. The molecule has 1 unspecified atom stereocenters. The van der Waals surface area contributed by atoms with E-state index in [1.807, 2.05) is 0 Å². The Kier molecular flexibility index (Phi) is 5.65. The van der Waals surface area contributed by atoms with E-state index in [-0.39, 0.29) is 18.6 Å². The van der Waals surface area contributed by atoms with Gasteiger partial charge in [0.2, 0.25) is 5.91 Å². The van der Waals surface area contributed by atoms with Crippen LogP contribution in [0.25, 0.3) is 0 Å². The Morgan fingerprint density at radius 1 is 1.53 bits per heavy atom. The van der Waals surface area contributed by atoms with E-state index in [2.05, 4.69) is 6.92 Å². The van der Waals surface area contributed by atoms with Gasteiger partial charge < -0.3 is 14.7 Å². The quantitative estimate of drug-likeness (QED) is 0.690. The minimum atomic E-state index is -0.132. The third kappa shape index (κ3) is 3.80. The van der Waals surface area contributed by atoms with Gasteiger partial charge in [0.05, 0.1) is 25.9 Å². The summed E-state index contributed by atoms with van der Waals surface area (Å²) in [6.45, 7) is 3.80. The summed E-state index contributed by atoms with van der Waals surface area (Å²) in [5.74, 6) is 0.158. The summed E-state index contributed by atoms with van der Waals surface area (Å²) in [5, 5.41) is 9.11. The van der Waals surface area contributed by atoms with Crippen LogP contribution in [0.4, 0.5) is 0 Å². The van der Waals surface area contributed by atoms with Crippen LogP contribution in [0.5, 0.6) is 0 Å². The Bertz CT molecular complexity index is 196. The van der Waals surface area contributed by atoms with Gasteiger partial charge >= 0.3 is 0 Å². The van der Waals surface area contributed by atoms with Crippen LogP contribution in [-0.4, -0.2) is 48.3 Å². The van der Waals surface area contributed by atoms with Gasteiger partial charge in [0.15, 0.2) is 0 Å². The number of morpholine rings is 1. The first-order valence-corrected chi connectivity index (χ1v) is 5.77. The summed E-state index contributed by atoms with van der Waals surface area (Å²) in [5.41, 5.74) is 0. The fraction of sp³-hybridized carbons (Fsp3) is 0.909. The van der Waals surface area contributed by atoms with Crippen LogP contribution in [0, 0.1) is 0 Å². The lowest BCUT2D eigenvalue weighted by atomic mass is 10.1. The largest absolute Gasteiger partial charge is 0.394 e. The number of ether oxygens (including phenoxy) is 1. The van der Waals surface area contributed by atoms with Gasteiger partial charge in [-0.05, 0) is 6.42 Å². The molecule has 0 aliphatic carbocycles. The highest BCUT2D eigenvalue weighted by molar-refractivity contribution is 5.76. The molecular formula is C11H21NO3. The molecule has 0 radical (unpaired) electrons. The third-order valence-electron chi connectivity index (χ3n) is 2.75. The molecule has 4 heteroatoms. The molecule has 0 saturated carbocycles. The second-order valence-corrected chi connectivity index (χ2v) is 3.96. The molecule has 0 spiro atoms. The Labute approximate surface area is 91.2 Å². The number of rotatable bonds is 5. The number of nitrogens with zero attached hydrogens (tertiary/aromatic N) is 1. The second-order valence-electron chi connectivity index (χ2n) is 3.96. The number of hydrogen-bond donors (Lipinski definition) is 1. The molecule has 1 amide bonds. The van der Waals surface area contributed by atoms with Crippen LogP contribution in [0.3, 0.4) is 0 Å². The van der Waals surface area contributed by atoms with Crippen LogP contribution in [0.15, 0.2) is 0 Å². The first kappa shape index (κ1) is 12.5. The zero-order chi connectivity index (χ0) is 11.1. The van der Waals surface area contributed by atoms with Crippen molar-refractivity contribution in [1.29, 1.82) is 0 Å². The van der Waals surface area contributed by atoms with Crippen LogP contribution in [0.1, 0.15) is 32.6 Å². The van der Waals surface area contributed by atoms with Gasteiger partial charge in [-0.15, -0.1) is 0 Å². The lowest BCUT2D eigenvalue weighted by molar-refractivity contribution is -0.141. The fourth-order valence-electron chi connectivity index (χ4n) is 1.80. The highest BCUT2D eigenvalue weighted by Gasteiger charge is 2.25. The maximum Gasteiger partial charge on any atom is 0.223 e. The molecular weight excluding hydrogens is 194 g/mol. The lowest BCUT2D eigenvalue weighted by Gasteiger charge is -2.34. The van der Waals surface area contributed by atoms with Crippen molar-refractivity contribution < 1.29 is 14.6 Å². The minimum Gasteiger partial charge on any atom is -0.394 e. The molecule has 88 valence electrons. The number of hydrogen-bond acceptors (Lipinski definition) is 3. The Balaban J connectivity index is 2.34. The van der Waals surface area contributed by atoms with Crippen molar-refractivity contribution in [1.82, 2.24) is 4.90 Å². The van der Waals surface area contributed by atoms with Gasteiger partial charge in [-0.3, -0.25) is 4.79 Å². The van der Waals surface area contributed by atoms with E-state index in [4.69, 9.17) is 9.84 Å². The monoisotopic (exact) mass is 215 g/mol. The number of aliphatic hydroxyl groups is 1. The summed E-state index contributed by atoms with van der Waals surface area (Å²) in [7, 11) is 0. The molecule has 0 bridgehead atoms. The van der Waals surface area contributed by atoms with Gasteiger partial charge in [-0.25, -0.2) is 0 Å². The van der Waals surface area contributed by atoms with Gasteiger partial charge in [-0.1, -0.05) is 19.8 Å². The number of amides is 1. The van der Waals surface area contributed by atoms with E-state index in [1.54, 1.807) is 4.90 Å². The van der Waals surface area contributed by atoms with Crippen LogP contribution in [-0.2, 0) is 9.53 Å². The van der Waals surface area contributed by atoms with E-state index in [0.717, 1.165) is 19.3 Å². The molecule has 1 rings (SSSR count). The first-order chi connectivity index (χ1) is 7.29. The predicted octanol–water partition coefficient (Wildman–Crippen LogP) is 0.786.